The fraction of sp³-hybridized carbons (Fsp3) is 0.391. The van der Waals surface area contributed by atoms with Gasteiger partial charge in [0.2, 0.25) is 5.95 Å². The second-order valence-electron chi connectivity index (χ2n) is 8.53. The Morgan fingerprint density at radius 3 is 2.52 bits per heavy atom. The number of nitrogens with zero attached hydrogens (tertiary/aromatic N) is 5. The minimum absolute atomic E-state index is 0.104. The molecular formula is C23H26ClN7OS. The third-order valence-electron chi connectivity index (χ3n) is 6.56. The van der Waals surface area contributed by atoms with E-state index in [0.717, 1.165) is 48.8 Å². The monoisotopic (exact) mass is 483 g/mol. The summed E-state index contributed by atoms with van der Waals surface area (Å²) >= 11 is 8.04. The van der Waals surface area contributed by atoms with E-state index in [9.17, 15) is 0 Å². The van der Waals surface area contributed by atoms with Crippen LogP contribution >= 0.6 is 23.4 Å². The molecule has 3 aromatic rings. The lowest BCUT2D eigenvalue weighted by atomic mass is 9.73. The average molecular weight is 484 g/mol. The van der Waals surface area contributed by atoms with Gasteiger partial charge in [-0.25, -0.2) is 19.9 Å². The zero-order valence-electron chi connectivity index (χ0n) is 18.3. The standard InChI is InChI=1S/C23H26ClN7OS/c1-15-20(25)23(14-32-15)6-10-31(11-7-23)16-12-28-22(29-13-16)33-18-5-2-4-17(19(18)24)30-21-26-8-3-9-27-21/h2-5,8-9,12-13,15,20H,6-7,10-11,14,25H2,1H3,(H,26,27,30)/t15-,20+/m0/s1. The van der Waals surface area contributed by atoms with Gasteiger partial charge in [-0.05, 0) is 49.7 Å². The number of nitrogens with one attached hydrogen (secondary N) is 1. The molecule has 0 amide bonds. The Bertz CT molecular complexity index is 1090. The van der Waals surface area contributed by atoms with E-state index in [-0.39, 0.29) is 17.6 Å². The molecule has 2 aliphatic rings. The van der Waals surface area contributed by atoms with Crippen LogP contribution in [0.2, 0.25) is 5.02 Å². The second kappa shape index (κ2) is 9.42. The van der Waals surface area contributed by atoms with Gasteiger partial charge in [-0.15, -0.1) is 0 Å². The molecule has 33 heavy (non-hydrogen) atoms. The summed E-state index contributed by atoms with van der Waals surface area (Å²) in [4.78, 5) is 20.7. The minimum Gasteiger partial charge on any atom is -0.376 e. The van der Waals surface area contributed by atoms with Gasteiger partial charge in [0, 0.05) is 41.8 Å². The van der Waals surface area contributed by atoms with E-state index in [2.05, 4.69) is 37.1 Å². The highest BCUT2D eigenvalue weighted by Gasteiger charge is 2.47. The largest absolute Gasteiger partial charge is 0.376 e. The van der Waals surface area contributed by atoms with E-state index in [4.69, 9.17) is 22.1 Å². The molecule has 5 rings (SSSR count). The Labute approximate surface area is 202 Å². The highest BCUT2D eigenvalue weighted by molar-refractivity contribution is 7.99. The number of hydrogen-bond acceptors (Lipinski definition) is 9. The lowest BCUT2D eigenvalue weighted by molar-refractivity contribution is 0.0974. The molecule has 0 bridgehead atoms. The quantitative estimate of drug-likeness (QED) is 0.518. The molecule has 1 aromatic carbocycles. The highest BCUT2D eigenvalue weighted by atomic mass is 35.5. The van der Waals surface area contributed by atoms with Crippen molar-refractivity contribution in [3.63, 3.8) is 0 Å². The normalized spacial score (nSPS) is 22.0. The molecule has 3 N–H and O–H groups in total. The number of anilines is 3. The van der Waals surface area contributed by atoms with Crippen LogP contribution in [0.3, 0.4) is 0 Å². The summed E-state index contributed by atoms with van der Waals surface area (Å²) in [6.45, 7) is 4.70. The summed E-state index contributed by atoms with van der Waals surface area (Å²) in [6.07, 6.45) is 9.30. The first-order chi connectivity index (χ1) is 16.0. The number of piperidine rings is 1. The van der Waals surface area contributed by atoms with Gasteiger partial charge in [-0.1, -0.05) is 17.7 Å². The molecule has 0 radical (unpaired) electrons. The Hall–Kier alpha value is -2.46. The number of nitrogens with two attached hydrogens (primary N) is 1. The number of aromatic nitrogens is 4. The third kappa shape index (κ3) is 4.63. The van der Waals surface area contributed by atoms with Crippen LogP contribution in [-0.4, -0.2) is 51.8 Å². The van der Waals surface area contributed by atoms with Crippen molar-refractivity contribution in [3.05, 3.63) is 54.1 Å². The molecule has 4 heterocycles. The van der Waals surface area contributed by atoms with Crippen molar-refractivity contribution in [2.45, 2.75) is 42.0 Å². The first-order valence-corrected chi connectivity index (χ1v) is 12.2. The molecule has 2 atom stereocenters. The molecule has 2 aromatic heterocycles. The number of ether oxygens (including phenoxy) is 1. The molecular weight excluding hydrogens is 458 g/mol. The summed E-state index contributed by atoms with van der Waals surface area (Å²) in [5.41, 5.74) is 8.30. The van der Waals surface area contributed by atoms with Crippen LogP contribution in [0.15, 0.2) is 59.1 Å². The zero-order valence-corrected chi connectivity index (χ0v) is 19.9. The Morgan fingerprint density at radius 2 is 1.85 bits per heavy atom. The second-order valence-corrected chi connectivity index (χ2v) is 9.92. The zero-order chi connectivity index (χ0) is 22.8. The molecule has 2 fully saturated rings. The van der Waals surface area contributed by atoms with Crippen LogP contribution in [0, 0.1) is 5.41 Å². The third-order valence-corrected chi connectivity index (χ3v) is 8.03. The van der Waals surface area contributed by atoms with Crippen molar-refractivity contribution in [1.29, 1.82) is 0 Å². The van der Waals surface area contributed by atoms with Crippen molar-refractivity contribution in [2.75, 3.05) is 29.9 Å². The maximum Gasteiger partial charge on any atom is 0.227 e. The van der Waals surface area contributed by atoms with E-state index >= 15 is 0 Å². The Balaban J connectivity index is 1.23. The van der Waals surface area contributed by atoms with Crippen molar-refractivity contribution >= 4 is 40.7 Å². The number of rotatable bonds is 5. The average Bonchev–Trinajstić information content (AvgIpc) is 3.12. The molecule has 2 saturated heterocycles. The van der Waals surface area contributed by atoms with Crippen LogP contribution < -0.4 is 16.0 Å². The van der Waals surface area contributed by atoms with Gasteiger partial charge in [-0.2, -0.15) is 0 Å². The summed E-state index contributed by atoms with van der Waals surface area (Å²) in [5.74, 6) is 0.491. The molecule has 8 nitrogen and oxygen atoms in total. The smallest absolute Gasteiger partial charge is 0.227 e. The maximum absolute atomic E-state index is 6.62. The summed E-state index contributed by atoms with van der Waals surface area (Å²) < 4.78 is 5.83. The molecule has 0 saturated carbocycles. The van der Waals surface area contributed by atoms with Crippen molar-refractivity contribution in [3.8, 4) is 0 Å². The van der Waals surface area contributed by atoms with Gasteiger partial charge in [0.25, 0.3) is 0 Å². The topological polar surface area (TPSA) is 102 Å². The fourth-order valence-electron chi connectivity index (χ4n) is 4.48. The van der Waals surface area contributed by atoms with Gasteiger partial charge < -0.3 is 20.7 Å². The predicted molar refractivity (Wildman–Crippen MR) is 130 cm³/mol. The summed E-state index contributed by atoms with van der Waals surface area (Å²) in [5, 5.41) is 4.36. The lowest BCUT2D eigenvalue weighted by Gasteiger charge is -2.41. The van der Waals surface area contributed by atoms with Crippen LogP contribution in [0.1, 0.15) is 19.8 Å². The summed E-state index contributed by atoms with van der Waals surface area (Å²) in [6, 6.07) is 7.63. The number of halogens is 1. The Morgan fingerprint density at radius 1 is 1.12 bits per heavy atom. The minimum atomic E-state index is 0.104. The van der Waals surface area contributed by atoms with Crippen LogP contribution in [0.25, 0.3) is 0 Å². The first-order valence-electron chi connectivity index (χ1n) is 11.0. The van der Waals surface area contributed by atoms with Crippen LogP contribution in [-0.2, 0) is 4.74 Å². The van der Waals surface area contributed by atoms with E-state index in [1.807, 2.05) is 30.6 Å². The molecule has 172 valence electrons. The highest BCUT2D eigenvalue weighted by Crippen LogP contribution is 2.42. The van der Waals surface area contributed by atoms with Gasteiger partial charge >= 0.3 is 0 Å². The summed E-state index contributed by atoms with van der Waals surface area (Å²) in [7, 11) is 0. The SMILES string of the molecule is C[C@@H]1OCC2(CCN(c3cnc(Sc4cccc(Nc5ncccn5)c4Cl)nc3)CC2)[C@@H]1N. The fourth-order valence-corrected chi connectivity index (χ4v) is 5.52. The van der Waals surface area contributed by atoms with E-state index in [0.29, 0.717) is 16.1 Å². The van der Waals surface area contributed by atoms with Gasteiger partial charge in [0.15, 0.2) is 5.16 Å². The predicted octanol–water partition coefficient (Wildman–Crippen LogP) is 4.15. The van der Waals surface area contributed by atoms with E-state index in [1.165, 1.54) is 11.8 Å². The molecule has 10 heteroatoms. The van der Waals surface area contributed by atoms with Crippen LogP contribution in [0.4, 0.5) is 17.3 Å². The van der Waals surface area contributed by atoms with Crippen molar-refractivity contribution in [2.24, 2.45) is 11.1 Å². The van der Waals surface area contributed by atoms with Crippen molar-refractivity contribution < 1.29 is 4.74 Å². The van der Waals surface area contributed by atoms with E-state index in [1.54, 1.807) is 18.5 Å². The van der Waals surface area contributed by atoms with Gasteiger partial charge in [-0.3, -0.25) is 0 Å². The van der Waals surface area contributed by atoms with Gasteiger partial charge in [0.1, 0.15) is 0 Å². The maximum atomic E-state index is 6.62. The number of benzene rings is 1. The molecule has 1 spiro atoms. The van der Waals surface area contributed by atoms with Gasteiger partial charge in [0.05, 0.1) is 41.5 Å². The number of hydrogen-bond donors (Lipinski definition) is 2. The van der Waals surface area contributed by atoms with Crippen LogP contribution in [0.5, 0.6) is 0 Å². The molecule has 0 aliphatic carbocycles. The lowest BCUT2D eigenvalue weighted by Crippen LogP contribution is -2.50. The molecule has 2 aliphatic heterocycles. The van der Waals surface area contributed by atoms with Crippen molar-refractivity contribution in [1.82, 2.24) is 19.9 Å². The Kier molecular flexibility index (Phi) is 6.38. The van der Waals surface area contributed by atoms with E-state index < -0.39 is 0 Å². The molecule has 0 unspecified atom stereocenters. The first kappa shape index (κ1) is 22.3.